The van der Waals surface area contributed by atoms with E-state index in [9.17, 15) is 4.79 Å². The van der Waals surface area contributed by atoms with Gasteiger partial charge in [0, 0.05) is 18.7 Å². The van der Waals surface area contributed by atoms with E-state index >= 15 is 0 Å². The number of anilines is 1. The number of carbonyl (C=O) groups excluding carboxylic acids is 1. The Balaban J connectivity index is 2.09. The molecule has 1 aliphatic carbocycles. The van der Waals surface area contributed by atoms with E-state index in [4.69, 9.17) is 17.3 Å². The molecule has 1 aromatic rings. The first-order valence-corrected chi connectivity index (χ1v) is 6.84. The summed E-state index contributed by atoms with van der Waals surface area (Å²) in [6, 6.07) is 5.09. The van der Waals surface area contributed by atoms with Crippen molar-refractivity contribution in [2.75, 3.05) is 18.8 Å². The van der Waals surface area contributed by atoms with Crippen molar-refractivity contribution in [1.29, 1.82) is 0 Å². The first kappa shape index (κ1) is 13.2. The highest BCUT2D eigenvalue weighted by atomic mass is 35.5. The van der Waals surface area contributed by atoms with Crippen LogP contribution in [0.15, 0.2) is 18.2 Å². The van der Waals surface area contributed by atoms with Gasteiger partial charge in [-0.15, -0.1) is 0 Å². The van der Waals surface area contributed by atoms with Gasteiger partial charge in [-0.25, -0.2) is 0 Å². The smallest absolute Gasteiger partial charge is 0.253 e. The molecule has 0 radical (unpaired) electrons. The molecule has 1 amide bonds. The van der Waals surface area contributed by atoms with Crippen LogP contribution in [0.4, 0.5) is 5.69 Å². The Morgan fingerprint density at radius 1 is 1.50 bits per heavy atom. The highest BCUT2D eigenvalue weighted by Gasteiger charge is 2.23. The number of halogens is 1. The second-order valence-corrected chi connectivity index (χ2v) is 5.28. The van der Waals surface area contributed by atoms with Crippen LogP contribution >= 0.6 is 11.6 Å². The predicted octanol–water partition coefficient (Wildman–Crippen LogP) is 3.18. The van der Waals surface area contributed by atoms with Crippen LogP contribution in [0, 0.1) is 5.92 Å². The summed E-state index contributed by atoms with van der Waals surface area (Å²) in [7, 11) is 0. The van der Waals surface area contributed by atoms with Gasteiger partial charge in [-0.05, 0) is 43.9 Å². The molecule has 98 valence electrons. The molecule has 3 nitrogen and oxygen atoms in total. The lowest BCUT2D eigenvalue weighted by Crippen LogP contribution is -2.37. The number of amides is 1. The standard InChI is InChI=1S/C14H19ClN2O/c1-2-17(9-10-4-3-5-10)14(18)11-6-7-13(16)12(15)8-11/h6-8,10H,2-5,9,16H2,1H3. The van der Waals surface area contributed by atoms with Crippen LogP contribution in [0.25, 0.3) is 0 Å². The molecule has 0 saturated heterocycles. The summed E-state index contributed by atoms with van der Waals surface area (Å²) in [5.41, 5.74) is 6.78. The Hall–Kier alpha value is -1.22. The Bertz CT molecular complexity index is 443. The van der Waals surface area contributed by atoms with Crippen molar-refractivity contribution in [1.82, 2.24) is 4.90 Å². The molecule has 1 fully saturated rings. The number of nitrogens with two attached hydrogens (primary N) is 1. The molecular weight excluding hydrogens is 248 g/mol. The number of nitrogens with zero attached hydrogens (tertiary/aromatic N) is 1. The fourth-order valence-corrected chi connectivity index (χ4v) is 2.37. The molecule has 0 spiro atoms. The van der Waals surface area contributed by atoms with E-state index in [0.717, 1.165) is 13.1 Å². The van der Waals surface area contributed by atoms with Gasteiger partial charge < -0.3 is 10.6 Å². The van der Waals surface area contributed by atoms with Gasteiger partial charge in [0.05, 0.1) is 10.7 Å². The maximum atomic E-state index is 12.3. The van der Waals surface area contributed by atoms with Gasteiger partial charge in [0.15, 0.2) is 0 Å². The number of benzene rings is 1. The fourth-order valence-electron chi connectivity index (χ4n) is 2.19. The van der Waals surface area contributed by atoms with Gasteiger partial charge in [0.25, 0.3) is 5.91 Å². The van der Waals surface area contributed by atoms with E-state index < -0.39 is 0 Å². The van der Waals surface area contributed by atoms with Crippen molar-refractivity contribution in [3.05, 3.63) is 28.8 Å². The molecule has 0 aromatic heterocycles. The molecule has 2 rings (SSSR count). The van der Waals surface area contributed by atoms with Gasteiger partial charge >= 0.3 is 0 Å². The lowest BCUT2D eigenvalue weighted by molar-refractivity contribution is 0.0706. The first-order chi connectivity index (χ1) is 8.61. The number of rotatable bonds is 4. The topological polar surface area (TPSA) is 46.3 Å². The molecule has 1 aromatic carbocycles. The summed E-state index contributed by atoms with van der Waals surface area (Å²) in [5, 5.41) is 0.445. The highest BCUT2D eigenvalue weighted by molar-refractivity contribution is 6.33. The maximum absolute atomic E-state index is 12.3. The van der Waals surface area contributed by atoms with Crippen LogP contribution in [-0.2, 0) is 0 Å². The Kier molecular flexibility index (Phi) is 4.12. The Morgan fingerprint density at radius 2 is 2.22 bits per heavy atom. The molecular formula is C14H19ClN2O. The van der Waals surface area contributed by atoms with E-state index in [1.807, 2.05) is 11.8 Å². The summed E-state index contributed by atoms with van der Waals surface area (Å²) in [6.45, 7) is 3.60. The maximum Gasteiger partial charge on any atom is 0.253 e. The Labute approximate surface area is 113 Å². The van der Waals surface area contributed by atoms with E-state index in [0.29, 0.717) is 22.2 Å². The van der Waals surface area contributed by atoms with Crippen molar-refractivity contribution in [2.45, 2.75) is 26.2 Å². The monoisotopic (exact) mass is 266 g/mol. The van der Waals surface area contributed by atoms with Crippen molar-refractivity contribution in [3.8, 4) is 0 Å². The third-order valence-electron chi connectivity index (χ3n) is 3.62. The predicted molar refractivity (Wildman–Crippen MR) is 74.8 cm³/mol. The molecule has 0 unspecified atom stereocenters. The zero-order valence-electron chi connectivity index (χ0n) is 10.7. The summed E-state index contributed by atoms with van der Waals surface area (Å²) in [6.07, 6.45) is 3.78. The van der Waals surface area contributed by atoms with Gasteiger partial charge in [-0.1, -0.05) is 18.0 Å². The van der Waals surface area contributed by atoms with E-state index in [-0.39, 0.29) is 5.91 Å². The molecule has 1 aliphatic rings. The van der Waals surface area contributed by atoms with Crippen LogP contribution in [0.2, 0.25) is 5.02 Å². The summed E-state index contributed by atoms with van der Waals surface area (Å²) in [4.78, 5) is 14.2. The number of hydrogen-bond acceptors (Lipinski definition) is 2. The van der Waals surface area contributed by atoms with Crippen LogP contribution in [0.1, 0.15) is 36.5 Å². The van der Waals surface area contributed by atoms with Crippen molar-refractivity contribution < 1.29 is 4.79 Å². The summed E-state index contributed by atoms with van der Waals surface area (Å²) < 4.78 is 0. The highest BCUT2D eigenvalue weighted by Crippen LogP contribution is 2.28. The average molecular weight is 267 g/mol. The number of hydrogen-bond donors (Lipinski definition) is 1. The minimum atomic E-state index is 0.0475. The van der Waals surface area contributed by atoms with Crippen molar-refractivity contribution in [2.24, 2.45) is 5.92 Å². The normalized spacial score (nSPS) is 15.2. The van der Waals surface area contributed by atoms with Crippen LogP contribution < -0.4 is 5.73 Å². The van der Waals surface area contributed by atoms with Crippen LogP contribution in [-0.4, -0.2) is 23.9 Å². The largest absolute Gasteiger partial charge is 0.398 e. The Morgan fingerprint density at radius 3 is 2.72 bits per heavy atom. The zero-order valence-corrected chi connectivity index (χ0v) is 11.4. The van der Waals surface area contributed by atoms with E-state index in [2.05, 4.69) is 0 Å². The quantitative estimate of drug-likeness (QED) is 0.851. The third-order valence-corrected chi connectivity index (χ3v) is 3.95. The molecule has 0 bridgehead atoms. The second-order valence-electron chi connectivity index (χ2n) is 4.88. The van der Waals surface area contributed by atoms with Crippen molar-refractivity contribution >= 4 is 23.2 Å². The number of carbonyl (C=O) groups is 1. The molecule has 0 atom stereocenters. The third kappa shape index (κ3) is 2.78. The molecule has 1 saturated carbocycles. The van der Waals surface area contributed by atoms with Crippen LogP contribution in [0.5, 0.6) is 0 Å². The molecule has 0 heterocycles. The van der Waals surface area contributed by atoms with Crippen LogP contribution in [0.3, 0.4) is 0 Å². The average Bonchev–Trinajstić information content (AvgIpc) is 2.31. The van der Waals surface area contributed by atoms with Gasteiger partial charge in [0.2, 0.25) is 0 Å². The number of nitrogen functional groups attached to an aromatic ring is 1. The fraction of sp³-hybridized carbons (Fsp3) is 0.500. The summed E-state index contributed by atoms with van der Waals surface area (Å²) in [5.74, 6) is 0.726. The lowest BCUT2D eigenvalue weighted by atomic mass is 9.85. The SMILES string of the molecule is CCN(CC1CCC1)C(=O)c1ccc(N)c(Cl)c1. The van der Waals surface area contributed by atoms with E-state index in [1.54, 1.807) is 18.2 Å². The molecule has 4 heteroatoms. The van der Waals surface area contributed by atoms with Gasteiger partial charge in [-0.2, -0.15) is 0 Å². The zero-order chi connectivity index (χ0) is 13.1. The van der Waals surface area contributed by atoms with Gasteiger partial charge in [0.1, 0.15) is 0 Å². The minimum absolute atomic E-state index is 0.0475. The molecule has 0 aliphatic heterocycles. The first-order valence-electron chi connectivity index (χ1n) is 6.46. The minimum Gasteiger partial charge on any atom is -0.398 e. The lowest BCUT2D eigenvalue weighted by Gasteiger charge is -2.31. The van der Waals surface area contributed by atoms with Gasteiger partial charge in [-0.3, -0.25) is 4.79 Å². The molecule has 2 N–H and O–H groups in total. The second kappa shape index (κ2) is 5.61. The molecule has 18 heavy (non-hydrogen) atoms. The summed E-state index contributed by atoms with van der Waals surface area (Å²) >= 11 is 5.95. The van der Waals surface area contributed by atoms with E-state index in [1.165, 1.54) is 19.3 Å². The van der Waals surface area contributed by atoms with Crippen molar-refractivity contribution in [3.63, 3.8) is 0 Å².